The monoisotopic (exact) mass is 328 g/mol. The maximum Gasteiger partial charge on any atom is 0.264 e. The third-order valence-electron chi connectivity index (χ3n) is 4.10. The second kappa shape index (κ2) is 7.42. The standard InChI is InChI=1S/C18H20N2O2S/c21-17(19-11-10-14-6-2-1-3-7-14)15-8-4-12-20(15)18(22)16-9-5-13-23-16/h1-3,5-7,9,13,15H,4,8,10-12H2,(H,19,21)/t15-/m0/s1. The van der Waals surface area contributed by atoms with E-state index in [-0.39, 0.29) is 17.9 Å². The van der Waals surface area contributed by atoms with Crippen LogP contribution in [-0.2, 0) is 11.2 Å². The number of carbonyl (C=O) groups excluding carboxylic acids is 2. The Balaban J connectivity index is 1.55. The van der Waals surface area contributed by atoms with Crippen LogP contribution in [0.5, 0.6) is 0 Å². The fraction of sp³-hybridized carbons (Fsp3) is 0.333. The summed E-state index contributed by atoms with van der Waals surface area (Å²) < 4.78 is 0. The number of hydrogen-bond donors (Lipinski definition) is 1. The first-order valence-corrected chi connectivity index (χ1v) is 8.80. The fourth-order valence-corrected chi connectivity index (χ4v) is 3.60. The van der Waals surface area contributed by atoms with Crippen molar-refractivity contribution in [3.63, 3.8) is 0 Å². The predicted molar refractivity (Wildman–Crippen MR) is 91.5 cm³/mol. The van der Waals surface area contributed by atoms with Crippen molar-refractivity contribution >= 4 is 23.2 Å². The van der Waals surface area contributed by atoms with Crippen molar-refractivity contribution in [1.82, 2.24) is 10.2 Å². The second-order valence-corrected chi connectivity index (χ2v) is 6.61. The van der Waals surface area contributed by atoms with Crippen LogP contribution in [0.1, 0.15) is 28.1 Å². The number of amides is 2. The molecule has 3 rings (SSSR count). The smallest absolute Gasteiger partial charge is 0.264 e. The van der Waals surface area contributed by atoms with Crippen LogP contribution >= 0.6 is 11.3 Å². The van der Waals surface area contributed by atoms with E-state index >= 15 is 0 Å². The van der Waals surface area contributed by atoms with Crippen molar-refractivity contribution < 1.29 is 9.59 Å². The van der Waals surface area contributed by atoms with Gasteiger partial charge in [-0.2, -0.15) is 0 Å². The molecule has 1 aromatic heterocycles. The number of benzene rings is 1. The van der Waals surface area contributed by atoms with Crippen LogP contribution in [0.25, 0.3) is 0 Å². The van der Waals surface area contributed by atoms with E-state index in [1.807, 2.05) is 47.8 Å². The lowest BCUT2D eigenvalue weighted by Crippen LogP contribution is -2.46. The lowest BCUT2D eigenvalue weighted by atomic mass is 10.1. The number of nitrogens with zero attached hydrogens (tertiary/aromatic N) is 1. The Morgan fingerprint density at radius 2 is 2.00 bits per heavy atom. The molecule has 1 fully saturated rings. The molecule has 2 amide bonds. The van der Waals surface area contributed by atoms with Crippen molar-refractivity contribution in [3.8, 4) is 0 Å². The van der Waals surface area contributed by atoms with Crippen LogP contribution in [-0.4, -0.2) is 35.8 Å². The number of hydrogen-bond acceptors (Lipinski definition) is 3. The maximum absolute atomic E-state index is 12.5. The number of likely N-dealkylation sites (tertiary alicyclic amines) is 1. The zero-order chi connectivity index (χ0) is 16.1. The third kappa shape index (κ3) is 3.79. The minimum Gasteiger partial charge on any atom is -0.354 e. The van der Waals surface area contributed by atoms with Crippen molar-refractivity contribution in [1.29, 1.82) is 0 Å². The van der Waals surface area contributed by atoms with Crippen molar-refractivity contribution in [2.45, 2.75) is 25.3 Å². The first kappa shape index (κ1) is 15.7. The summed E-state index contributed by atoms with van der Waals surface area (Å²) in [5, 5.41) is 4.86. The maximum atomic E-state index is 12.5. The second-order valence-electron chi connectivity index (χ2n) is 5.66. The summed E-state index contributed by atoms with van der Waals surface area (Å²) in [6, 6.07) is 13.4. The molecule has 1 aromatic carbocycles. The van der Waals surface area contributed by atoms with Gasteiger partial charge in [0.1, 0.15) is 6.04 Å². The van der Waals surface area contributed by atoms with Gasteiger partial charge in [0.25, 0.3) is 5.91 Å². The molecule has 5 heteroatoms. The molecule has 0 saturated carbocycles. The number of thiophene rings is 1. The molecule has 0 radical (unpaired) electrons. The molecule has 1 saturated heterocycles. The Morgan fingerprint density at radius 1 is 1.17 bits per heavy atom. The summed E-state index contributed by atoms with van der Waals surface area (Å²) in [4.78, 5) is 27.3. The summed E-state index contributed by atoms with van der Waals surface area (Å²) in [5.41, 5.74) is 1.20. The van der Waals surface area contributed by atoms with E-state index in [1.54, 1.807) is 4.90 Å². The predicted octanol–water partition coefficient (Wildman–Crippen LogP) is 2.71. The fourth-order valence-electron chi connectivity index (χ4n) is 2.92. The van der Waals surface area contributed by atoms with E-state index in [2.05, 4.69) is 5.32 Å². The highest BCUT2D eigenvalue weighted by Crippen LogP contribution is 2.22. The summed E-state index contributed by atoms with van der Waals surface area (Å²) in [5.74, 6) is -0.0657. The van der Waals surface area contributed by atoms with E-state index in [9.17, 15) is 9.59 Å². The van der Waals surface area contributed by atoms with E-state index < -0.39 is 0 Å². The minimum atomic E-state index is -0.333. The quantitative estimate of drug-likeness (QED) is 0.917. The van der Waals surface area contributed by atoms with E-state index in [0.717, 1.165) is 19.3 Å². The summed E-state index contributed by atoms with van der Waals surface area (Å²) >= 11 is 1.42. The molecule has 1 aliphatic heterocycles. The number of nitrogens with one attached hydrogen (secondary N) is 1. The molecule has 2 aromatic rings. The van der Waals surface area contributed by atoms with Gasteiger partial charge in [-0.15, -0.1) is 11.3 Å². The average molecular weight is 328 g/mol. The topological polar surface area (TPSA) is 49.4 Å². The van der Waals surface area contributed by atoms with Gasteiger partial charge in [-0.05, 0) is 36.3 Å². The molecule has 0 unspecified atom stereocenters. The molecule has 1 aliphatic rings. The summed E-state index contributed by atoms with van der Waals surface area (Å²) in [6.07, 6.45) is 2.43. The van der Waals surface area contributed by atoms with Gasteiger partial charge in [0.05, 0.1) is 4.88 Å². The average Bonchev–Trinajstić information content (AvgIpc) is 3.27. The molecule has 2 heterocycles. The summed E-state index contributed by atoms with van der Waals surface area (Å²) in [6.45, 7) is 1.26. The highest BCUT2D eigenvalue weighted by molar-refractivity contribution is 7.12. The van der Waals surface area contributed by atoms with Crippen LogP contribution in [0.2, 0.25) is 0 Å². The Labute approximate surface area is 140 Å². The van der Waals surface area contributed by atoms with Crippen molar-refractivity contribution in [2.24, 2.45) is 0 Å². The van der Waals surface area contributed by atoms with Gasteiger partial charge >= 0.3 is 0 Å². The van der Waals surface area contributed by atoms with Gasteiger partial charge in [-0.1, -0.05) is 36.4 Å². The van der Waals surface area contributed by atoms with Crippen LogP contribution < -0.4 is 5.32 Å². The zero-order valence-corrected chi connectivity index (χ0v) is 13.7. The number of carbonyl (C=O) groups is 2. The molecular weight excluding hydrogens is 308 g/mol. The lowest BCUT2D eigenvalue weighted by Gasteiger charge is -2.23. The Bertz CT molecular complexity index is 655. The van der Waals surface area contributed by atoms with Crippen molar-refractivity contribution in [3.05, 3.63) is 58.3 Å². The third-order valence-corrected chi connectivity index (χ3v) is 4.96. The van der Waals surface area contributed by atoms with Crippen LogP contribution in [0, 0.1) is 0 Å². The molecule has 0 aliphatic carbocycles. The SMILES string of the molecule is O=C(NCCc1ccccc1)[C@@H]1CCCN1C(=O)c1cccs1. The first-order valence-electron chi connectivity index (χ1n) is 7.92. The minimum absolute atomic E-state index is 0.0271. The van der Waals surface area contributed by atoms with Crippen LogP contribution in [0.3, 0.4) is 0 Å². The van der Waals surface area contributed by atoms with Gasteiger partial charge in [0.2, 0.25) is 5.91 Å². The highest BCUT2D eigenvalue weighted by Gasteiger charge is 2.34. The van der Waals surface area contributed by atoms with Gasteiger partial charge in [0.15, 0.2) is 0 Å². The molecule has 1 atom stereocenters. The lowest BCUT2D eigenvalue weighted by molar-refractivity contribution is -0.124. The molecule has 0 bridgehead atoms. The largest absolute Gasteiger partial charge is 0.354 e. The molecule has 120 valence electrons. The van der Waals surface area contributed by atoms with Crippen molar-refractivity contribution in [2.75, 3.05) is 13.1 Å². The van der Waals surface area contributed by atoms with Crippen LogP contribution in [0.4, 0.5) is 0 Å². The van der Waals surface area contributed by atoms with E-state index in [4.69, 9.17) is 0 Å². The zero-order valence-electron chi connectivity index (χ0n) is 12.9. The van der Waals surface area contributed by atoms with E-state index in [1.165, 1.54) is 16.9 Å². The molecule has 0 spiro atoms. The Morgan fingerprint density at radius 3 is 2.74 bits per heavy atom. The normalized spacial score (nSPS) is 17.2. The van der Waals surface area contributed by atoms with Crippen LogP contribution in [0.15, 0.2) is 47.8 Å². The molecule has 1 N–H and O–H groups in total. The molecular formula is C18H20N2O2S. The summed E-state index contributed by atoms with van der Waals surface area (Å²) in [7, 11) is 0. The highest BCUT2D eigenvalue weighted by atomic mass is 32.1. The van der Waals surface area contributed by atoms with Gasteiger partial charge < -0.3 is 10.2 Å². The number of rotatable bonds is 5. The Hall–Kier alpha value is -2.14. The van der Waals surface area contributed by atoms with Gasteiger partial charge in [0, 0.05) is 13.1 Å². The Kier molecular flexibility index (Phi) is 5.08. The van der Waals surface area contributed by atoms with Gasteiger partial charge in [-0.25, -0.2) is 0 Å². The first-order chi connectivity index (χ1) is 11.3. The van der Waals surface area contributed by atoms with Gasteiger partial charge in [-0.3, -0.25) is 9.59 Å². The molecule has 4 nitrogen and oxygen atoms in total. The molecule has 23 heavy (non-hydrogen) atoms. The van der Waals surface area contributed by atoms with E-state index in [0.29, 0.717) is 18.0 Å².